The van der Waals surface area contributed by atoms with Crippen molar-refractivity contribution in [2.24, 2.45) is 5.10 Å². The molecule has 24 heavy (non-hydrogen) atoms. The zero-order chi connectivity index (χ0) is 17.1. The molecule has 9 heteroatoms. The van der Waals surface area contributed by atoms with E-state index >= 15 is 0 Å². The van der Waals surface area contributed by atoms with Crippen LogP contribution in [0.2, 0.25) is 0 Å². The Morgan fingerprint density at radius 1 is 1.46 bits per heavy atom. The first-order chi connectivity index (χ1) is 11.6. The van der Waals surface area contributed by atoms with Crippen LogP contribution in [0, 0.1) is 13.8 Å². The Morgan fingerprint density at radius 3 is 2.92 bits per heavy atom. The number of thioether (sulfide) groups is 1. The Hall–Kier alpha value is -2.39. The third-order valence-corrected chi connectivity index (χ3v) is 5.07. The molecule has 0 fully saturated rings. The van der Waals surface area contributed by atoms with Crippen LogP contribution in [0.5, 0.6) is 0 Å². The highest BCUT2D eigenvalue weighted by Crippen LogP contribution is 2.27. The fraction of sp³-hybridized carbons (Fsp3) is 0.200. The number of aryl methyl sites for hydroxylation is 2. The molecule has 3 aromatic rings. The molecule has 3 heterocycles. The van der Waals surface area contributed by atoms with Crippen LogP contribution in [-0.4, -0.2) is 32.8 Å². The van der Waals surface area contributed by atoms with Gasteiger partial charge in [0.2, 0.25) is 5.16 Å². The third kappa shape index (κ3) is 3.41. The number of carbonyl (C=O) groups excluding carboxylic acids is 1. The van der Waals surface area contributed by atoms with E-state index in [9.17, 15) is 9.90 Å². The molecule has 3 rings (SSSR count). The summed E-state index contributed by atoms with van der Waals surface area (Å²) >= 11 is 2.58. The molecular formula is C15H13N4O3S2-. The maximum absolute atomic E-state index is 10.7. The summed E-state index contributed by atoms with van der Waals surface area (Å²) in [6.45, 7) is 3.81. The highest BCUT2D eigenvalue weighted by Gasteiger charge is 2.17. The Morgan fingerprint density at radius 2 is 2.29 bits per heavy atom. The monoisotopic (exact) mass is 361 g/mol. The van der Waals surface area contributed by atoms with Crippen molar-refractivity contribution < 1.29 is 14.3 Å². The lowest BCUT2D eigenvalue weighted by atomic mass is 10.2. The van der Waals surface area contributed by atoms with Crippen molar-refractivity contribution in [2.75, 3.05) is 5.75 Å². The quantitative estimate of drug-likeness (QED) is 0.492. The number of aromatic nitrogens is 3. The molecule has 0 aliphatic heterocycles. The van der Waals surface area contributed by atoms with Gasteiger partial charge in [0.25, 0.3) is 0 Å². The van der Waals surface area contributed by atoms with Gasteiger partial charge in [0.1, 0.15) is 5.76 Å². The van der Waals surface area contributed by atoms with Gasteiger partial charge in [-0.3, -0.25) is 0 Å². The van der Waals surface area contributed by atoms with Gasteiger partial charge in [0.05, 0.1) is 28.9 Å². The largest absolute Gasteiger partial charge is 0.549 e. The molecule has 0 saturated heterocycles. The number of carbonyl (C=O) groups is 1. The molecule has 0 spiro atoms. The molecule has 0 aliphatic carbocycles. The van der Waals surface area contributed by atoms with Gasteiger partial charge >= 0.3 is 0 Å². The van der Waals surface area contributed by atoms with E-state index in [0.717, 1.165) is 27.8 Å². The van der Waals surface area contributed by atoms with E-state index in [1.54, 1.807) is 29.9 Å². The average Bonchev–Trinajstić information content (AvgIpc) is 3.23. The van der Waals surface area contributed by atoms with Crippen LogP contribution in [0.15, 0.2) is 38.5 Å². The van der Waals surface area contributed by atoms with Crippen molar-refractivity contribution in [1.82, 2.24) is 14.9 Å². The van der Waals surface area contributed by atoms with Gasteiger partial charge in [-0.05, 0) is 36.9 Å². The number of aliphatic carboxylic acids is 1. The van der Waals surface area contributed by atoms with Crippen LogP contribution in [-0.2, 0) is 4.79 Å². The summed E-state index contributed by atoms with van der Waals surface area (Å²) in [7, 11) is 0. The van der Waals surface area contributed by atoms with Gasteiger partial charge in [-0.1, -0.05) is 11.8 Å². The summed E-state index contributed by atoms with van der Waals surface area (Å²) in [5.41, 5.74) is 1.87. The summed E-state index contributed by atoms with van der Waals surface area (Å²) in [4.78, 5) is 11.7. The Balaban J connectivity index is 2.01. The summed E-state index contributed by atoms with van der Waals surface area (Å²) in [5.74, 6) is -0.223. The number of rotatable bonds is 6. The van der Waals surface area contributed by atoms with Crippen LogP contribution in [0.25, 0.3) is 11.4 Å². The molecule has 0 saturated carbocycles. The lowest BCUT2D eigenvalue weighted by molar-refractivity contribution is -0.301. The van der Waals surface area contributed by atoms with Crippen LogP contribution in [0.4, 0.5) is 0 Å². The van der Waals surface area contributed by atoms with E-state index in [1.165, 1.54) is 4.68 Å². The van der Waals surface area contributed by atoms with Crippen LogP contribution in [0.1, 0.15) is 16.2 Å². The fourth-order valence-corrected chi connectivity index (χ4v) is 3.38. The molecule has 0 bridgehead atoms. The second kappa shape index (κ2) is 7.02. The predicted octanol–water partition coefficient (Wildman–Crippen LogP) is 1.94. The number of hydrogen-bond acceptors (Lipinski definition) is 8. The van der Waals surface area contributed by atoms with E-state index in [1.807, 2.05) is 25.3 Å². The molecule has 0 N–H and O–H groups in total. The normalized spacial score (nSPS) is 11.4. The second-order valence-corrected chi connectivity index (χ2v) is 6.77. The highest BCUT2D eigenvalue weighted by molar-refractivity contribution is 7.99. The molecule has 0 aliphatic rings. The van der Waals surface area contributed by atoms with Gasteiger partial charge in [-0.2, -0.15) is 9.78 Å². The van der Waals surface area contributed by atoms with Crippen molar-refractivity contribution in [3.05, 3.63) is 40.0 Å². The van der Waals surface area contributed by atoms with E-state index in [-0.39, 0.29) is 5.75 Å². The number of thiophene rings is 1. The maximum atomic E-state index is 10.7. The van der Waals surface area contributed by atoms with Crippen molar-refractivity contribution in [1.29, 1.82) is 0 Å². The summed E-state index contributed by atoms with van der Waals surface area (Å²) in [6.07, 6.45) is 3.27. The molecule has 124 valence electrons. The van der Waals surface area contributed by atoms with E-state index in [0.29, 0.717) is 16.7 Å². The number of carboxylic acids is 1. The summed E-state index contributed by atoms with van der Waals surface area (Å²) < 4.78 is 6.83. The van der Waals surface area contributed by atoms with Gasteiger partial charge in [-0.15, -0.1) is 21.5 Å². The van der Waals surface area contributed by atoms with Crippen LogP contribution in [0.3, 0.4) is 0 Å². The lowest BCUT2D eigenvalue weighted by Gasteiger charge is -2.04. The maximum Gasteiger partial charge on any atom is 0.212 e. The second-order valence-electron chi connectivity index (χ2n) is 4.88. The number of hydrogen-bond donors (Lipinski definition) is 0. The van der Waals surface area contributed by atoms with Crippen molar-refractivity contribution in [3.8, 4) is 11.4 Å². The van der Waals surface area contributed by atoms with Gasteiger partial charge in [0, 0.05) is 5.75 Å². The van der Waals surface area contributed by atoms with Crippen molar-refractivity contribution in [2.45, 2.75) is 19.0 Å². The molecule has 0 atom stereocenters. The zero-order valence-electron chi connectivity index (χ0n) is 12.9. The zero-order valence-corrected chi connectivity index (χ0v) is 14.6. The molecule has 3 aromatic heterocycles. The molecule has 7 nitrogen and oxygen atoms in total. The molecular weight excluding hydrogens is 348 g/mol. The van der Waals surface area contributed by atoms with E-state index in [2.05, 4.69) is 15.3 Å². The molecule has 0 unspecified atom stereocenters. The van der Waals surface area contributed by atoms with Gasteiger partial charge < -0.3 is 14.3 Å². The first-order valence-electron chi connectivity index (χ1n) is 6.97. The molecule has 0 radical (unpaired) electrons. The standard InChI is InChI=1S/C15H14N4O3S2/c1-9-4-6-23-12(9)7-16-19-14(11-3-5-22-10(11)2)17-18-15(19)24-8-13(20)21/h3-7H,8H2,1-2H3,(H,20,21)/p-1/b16-7-. The lowest BCUT2D eigenvalue weighted by Crippen LogP contribution is -2.24. The van der Waals surface area contributed by atoms with Crippen molar-refractivity contribution >= 4 is 35.3 Å². The molecule has 0 amide bonds. The number of nitrogens with zero attached hydrogens (tertiary/aromatic N) is 4. The number of carboxylic acid groups (broad SMARTS) is 1. The highest BCUT2D eigenvalue weighted by atomic mass is 32.2. The Labute approximate surface area is 146 Å². The van der Waals surface area contributed by atoms with Gasteiger partial charge in [-0.25, -0.2) is 0 Å². The third-order valence-electron chi connectivity index (χ3n) is 3.22. The Kier molecular flexibility index (Phi) is 4.81. The first-order valence-corrected chi connectivity index (χ1v) is 8.83. The SMILES string of the molecule is Cc1ccsc1/C=N\n1c(SCC(=O)[O-])nnc1-c1ccoc1C. The van der Waals surface area contributed by atoms with Gasteiger partial charge in [0.15, 0.2) is 5.82 Å². The summed E-state index contributed by atoms with van der Waals surface area (Å²) in [6, 6.07) is 3.78. The predicted molar refractivity (Wildman–Crippen MR) is 90.2 cm³/mol. The van der Waals surface area contributed by atoms with Crippen LogP contribution < -0.4 is 5.11 Å². The topological polar surface area (TPSA) is 96.3 Å². The first kappa shape index (κ1) is 16.5. The minimum absolute atomic E-state index is 0.226. The van der Waals surface area contributed by atoms with Crippen LogP contribution >= 0.6 is 23.1 Å². The summed E-state index contributed by atoms with van der Waals surface area (Å²) in [5, 5.41) is 25.7. The average molecular weight is 361 g/mol. The minimum Gasteiger partial charge on any atom is -0.549 e. The minimum atomic E-state index is -1.17. The molecule has 0 aromatic carbocycles. The van der Waals surface area contributed by atoms with Crippen molar-refractivity contribution in [3.63, 3.8) is 0 Å². The Bertz CT molecular complexity index is 894. The number of furan rings is 1. The van der Waals surface area contributed by atoms with E-state index < -0.39 is 5.97 Å². The fourth-order valence-electron chi connectivity index (χ4n) is 1.99. The van der Waals surface area contributed by atoms with E-state index in [4.69, 9.17) is 4.42 Å². The smallest absolute Gasteiger partial charge is 0.212 e.